The van der Waals surface area contributed by atoms with Crippen molar-refractivity contribution in [2.75, 3.05) is 0 Å². The Morgan fingerprint density at radius 3 is 2.05 bits per heavy atom. The van der Waals surface area contributed by atoms with Gasteiger partial charge in [-0.1, -0.05) is 60.9 Å². The average Bonchev–Trinajstić information content (AvgIpc) is 2.37. The predicted octanol–water partition coefficient (Wildman–Crippen LogP) is 3.77. The molecule has 0 saturated carbocycles. The van der Waals surface area contributed by atoms with E-state index in [0.717, 1.165) is 5.56 Å². The molecule has 0 radical (unpaired) electrons. The first-order valence-electron chi connectivity index (χ1n) is 6.34. The minimum Gasteiger partial charge on any atom is -0.206 e. The van der Waals surface area contributed by atoms with Crippen LogP contribution in [0.15, 0.2) is 48.5 Å². The van der Waals surface area contributed by atoms with Gasteiger partial charge in [0.05, 0.1) is 13.6 Å². The molecule has 0 amide bonds. The molecule has 0 fully saturated rings. The number of hydrogen-bond donors (Lipinski definition) is 0. The lowest BCUT2D eigenvalue weighted by Gasteiger charge is -2.15. The van der Waals surface area contributed by atoms with E-state index in [0.29, 0.717) is 5.56 Å². The summed E-state index contributed by atoms with van der Waals surface area (Å²) in [6, 6.07) is 14.9. The van der Waals surface area contributed by atoms with Crippen LogP contribution in [0.5, 0.6) is 0 Å². The van der Waals surface area contributed by atoms with Crippen molar-refractivity contribution in [3.63, 3.8) is 0 Å². The van der Waals surface area contributed by atoms with Crippen LogP contribution in [0.2, 0.25) is 19.6 Å². The van der Waals surface area contributed by atoms with Gasteiger partial charge in [0.15, 0.2) is 0 Å². The molecule has 0 aliphatic rings. The fourth-order valence-corrected chi connectivity index (χ4v) is 2.92. The third kappa shape index (κ3) is 3.56. The summed E-state index contributed by atoms with van der Waals surface area (Å²) in [5, 5.41) is 1.41. The van der Waals surface area contributed by atoms with Gasteiger partial charge in [-0.25, -0.2) is 4.39 Å². The fourth-order valence-electron chi connectivity index (χ4n) is 1.76. The van der Waals surface area contributed by atoms with Crippen molar-refractivity contribution in [3.05, 3.63) is 65.5 Å². The van der Waals surface area contributed by atoms with Crippen LogP contribution in [0.4, 0.5) is 4.39 Å². The van der Waals surface area contributed by atoms with Crippen LogP contribution in [-0.2, 0) is 0 Å². The molecular formula is C17H17FSi. The van der Waals surface area contributed by atoms with Gasteiger partial charge in [-0.05, 0) is 24.3 Å². The normalized spacial score (nSPS) is 10.7. The Labute approximate surface area is 115 Å². The van der Waals surface area contributed by atoms with Crippen molar-refractivity contribution in [3.8, 4) is 11.8 Å². The van der Waals surface area contributed by atoms with Gasteiger partial charge in [0.2, 0.25) is 0 Å². The van der Waals surface area contributed by atoms with Crippen LogP contribution in [-0.4, -0.2) is 8.07 Å². The van der Waals surface area contributed by atoms with E-state index in [1.807, 2.05) is 12.1 Å². The van der Waals surface area contributed by atoms with Gasteiger partial charge in [0.1, 0.15) is 5.82 Å². The van der Waals surface area contributed by atoms with E-state index in [9.17, 15) is 4.39 Å². The van der Waals surface area contributed by atoms with E-state index in [2.05, 4.69) is 43.6 Å². The SMILES string of the molecule is C[Si](C)(C)c1ccc(C#Cc2ccccc2F)cc1. The smallest absolute Gasteiger partial charge is 0.138 e. The fraction of sp³-hybridized carbons (Fsp3) is 0.176. The molecule has 0 aliphatic heterocycles. The maximum Gasteiger partial charge on any atom is 0.138 e. The molecule has 0 nitrogen and oxygen atoms in total. The number of hydrogen-bond acceptors (Lipinski definition) is 0. The molecule has 0 bridgehead atoms. The summed E-state index contributed by atoms with van der Waals surface area (Å²) >= 11 is 0. The van der Waals surface area contributed by atoms with E-state index >= 15 is 0 Å². The van der Waals surface area contributed by atoms with Crippen molar-refractivity contribution in [2.45, 2.75) is 19.6 Å². The van der Waals surface area contributed by atoms with Gasteiger partial charge in [-0.15, -0.1) is 0 Å². The van der Waals surface area contributed by atoms with Gasteiger partial charge in [-0.2, -0.15) is 0 Å². The van der Waals surface area contributed by atoms with E-state index in [4.69, 9.17) is 0 Å². The molecule has 2 aromatic rings. The summed E-state index contributed by atoms with van der Waals surface area (Å²) in [4.78, 5) is 0. The first kappa shape index (κ1) is 13.6. The second-order valence-electron chi connectivity index (χ2n) is 5.56. The summed E-state index contributed by atoms with van der Waals surface area (Å²) in [5.74, 6) is 5.61. The highest BCUT2D eigenvalue weighted by Gasteiger charge is 2.15. The van der Waals surface area contributed by atoms with Crippen LogP contribution in [0.3, 0.4) is 0 Å². The molecule has 0 unspecified atom stereocenters. The molecule has 0 N–H and O–H groups in total. The highest BCUT2D eigenvalue weighted by atomic mass is 28.3. The Morgan fingerprint density at radius 1 is 0.842 bits per heavy atom. The van der Waals surface area contributed by atoms with Gasteiger partial charge in [0.25, 0.3) is 0 Å². The molecule has 2 aromatic carbocycles. The van der Waals surface area contributed by atoms with Crippen molar-refractivity contribution in [2.24, 2.45) is 0 Å². The Hall–Kier alpha value is -1.85. The Morgan fingerprint density at radius 2 is 1.47 bits per heavy atom. The third-order valence-corrected chi connectivity index (χ3v) is 5.03. The minimum absolute atomic E-state index is 0.270. The summed E-state index contributed by atoms with van der Waals surface area (Å²) < 4.78 is 13.4. The maximum absolute atomic E-state index is 13.4. The zero-order valence-corrected chi connectivity index (χ0v) is 12.5. The first-order chi connectivity index (χ1) is 8.97. The van der Waals surface area contributed by atoms with Crippen molar-refractivity contribution < 1.29 is 4.39 Å². The Kier molecular flexibility index (Phi) is 3.87. The first-order valence-corrected chi connectivity index (χ1v) is 9.84. The molecule has 2 heteroatoms. The summed E-state index contributed by atoms with van der Waals surface area (Å²) in [6.07, 6.45) is 0. The van der Waals surface area contributed by atoms with Crippen LogP contribution in [0, 0.1) is 17.7 Å². The van der Waals surface area contributed by atoms with Crippen molar-refractivity contribution >= 4 is 13.3 Å². The lowest BCUT2D eigenvalue weighted by molar-refractivity contribution is 0.624. The topological polar surface area (TPSA) is 0 Å². The van der Waals surface area contributed by atoms with Crippen LogP contribution < -0.4 is 5.19 Å². The largest absolute Gasteiger partial charge is 0.206 e. The van der Waals surface area contributed by atoms with Crippen molar-refractivity contribution in [1.29, 1.82) is 0 Å². The maximum atomic E-state index is 13.4. The van der Waals surface area contributed by atoms with Crippen molar-refractivity contribution in [1.82, 2.24) is 0 Å². The number of rotatable bonds is 1. The quantitative estimate of drug-likeness (QED) is 0.545. The van der Waals surface area contributed by atoms with Gasteiger partial charge < -0.3 is 0 Å². The summed E-state index contributed by atoms with van der Waals surface area (Å²) in [7, 11) is -1.26. The highest BCUT2D eigenvalue weighted by molar-refractivity contribution is 6.88. The Balaban J connectivity index is 2.24. The molecule has 0 spiro atoms. The monoisotopic (exact) mass is 268 g/mol. The predicted molar refractivity (Wildman–Crippen MR) is 81.8 cm³/mol. The van der Waals surface area contributed by atoms with Crippen LogP contribution in [0.25, 0.3) is 0 Å². The second kappa shape index (κ2) is 5.42. The van der Waals surface area contributed by atoms with E-state index < -0.39 is 8.07 Å². The molecule has 0 aliphatic carbocycles. The number of benzene rings is 2. The molecular weight excluding hydrogens is 251 g/mol. The average molecular weight is 268 g/mol. The second-order valence-corrected chi connectivity index (χ2v) is 10.6. The molecule has 0 atom stereocenters. The van der Waals surface area contributed by atoms with E-state index in [1.165, 1.54) is 11.3 Å². The molecule has 2 rings (SSSR count). The standard InChI is InChI=1S/C17H17FSi/c1-19(2,3)16-12-9-14(10-13-16)8-11-15-6-4-5-7-17(15)18/h4-7,9-10,12-13H,1-3H3. The zero-order valence-electron chi connectivity index (χ0n) is 11.5. The van der Waals surface area contributed by atoms with Gasteiger partial charge >= 0.3 is 0 Å². The Bertz CT molecular complexity index is 625. The molecule has 0 saturated heterocycles. The lowest BCUT2D eigenvalue weighted by Crippen LogP contribution is -2.37. The van der Waals surface area contributed by atoms with Crippen LogP contribution in [0.1, 0.15) is 11.1 Å². The number of halogens is 1. The molecule has 0 aromatic heterocycles. The van der Waals surface area contributed by atoms with Crippen LogP contribution >= 0.6 is 0 Å². The zero-order chi connectivity index (χ0) is 13.9. The highest BCUT2D eigenvalue weighted by Crippen LogP contribution is 2.06. The molecule has 96 valence electrons. The van der Waals surface area contributed by atoms with E-state index in [1.54, 1.807) is 18.2 Å². The molecule has 0 heterocycles. The van der Waals surface area contributed by atoms with Gasteiger partial charge in [-0.3, -0.25) is 0 Å². The van der Waals surface area contributed by atoms with Gasteiger partial charge in [0, 0.05) is 5.56 Å². The molecule has 19 heavy (non-hydrogen) atoms. The summed E-state index contributed by atoms with van der Waals surface area (Å²) in [6.45, 7) is 6.94. The minimum atomic E-state index is -1.26. The summed E-state index contributed by atoms with van der Waals surface area (Å²) in [5.41, 5.74) is 1.36. The third-order valence-electron chi connectivity index (χ3n) is 2.97. The lowest BCUT2D eigenvalue weighted by atomic mass is 10.2. The van der Waals surface area contributed by atoms with E-state index in [-0.39, 0.29) is 5.82 Å².